The Kier molecular flexibility index (Phi) is 3.21. The average molecular weight is 285 g/mol. The SMILES string of the molecule is O=CC(=O)C1CC(Br)C(Br)N1. The molecule has 1 aliphatic heterocycles. The molecule has 0 spiro atoms. The number of halogens is 2. The van der Waals surface area contributed by atoms with Gasteiger partial charge in [-0.2, -0.15) is 0 Å². The molecule has 11 heavy (non-hydrogen) atoms. The van der Waals surface area contributed by atoms with Crippen LogP contribution < -0.4 is 5.32 Å². The smallest absolute Gasteiger partial charge is 0.212 e. The van der Waals surface area contributed by atoms with Crippen LogP contribution in [0.1, 0.15) is 6.42 Å². The highest BCUT2D eigenvalue weighted by Crippen LogP contribution is 2.24. The van der Waals surface area contributed by atoms with Crippen LogP contribution in [0.2, 0.25) is 0 Å². The van der Waals surface area contributed by atoms with Gasteiger partial charge >= 0.3 is 0 Å². The molecule has 3 unspecified atom stereocenters. The van der Waals surface area contributed by atoms with Crippen LogP contribution in [0.4, 0.5) is 0 Å². The average Bonchev–Trinajstić information content (AvgIpc) is 2.31. The molecule has 1 rings (SSSR count). The minimum atomic E-state index is -0.378. The second-order valence-corrected chi connectivity index (χ2v) is 4.56. The molecule has 0 saturated carbocycles. The molecule has 0 bridgehead atoms. The number of hydrogen-bond acceptors (Lipinski definition) is 3. The predicted octanol–water partition coefficient (Wildman–Crippen LogP) is 0.601. The van der Waals surface area contributed by atoms with Gasteiger partial charge in [0.05, 0.1) is 11.0 Å². The Bertz CT molecular complexity index is 175. The lowest BCUT2D eigenvalue weighted by Gasteiger charge is -2.04. The number of Topliss-reactive ketones (excluding diaryl/α,β-unsaturated/α-hetero) is 1. The summed E-state index contributed by atoms with van der Waals surface area (Å²) in [6.45, 7) is 0. The molecular weight excluding hydrogens is 278 g/mol. The van der Waals surface area contributed by atoms with E-state index in [-0.39, 0.29) is 21.6 Å². The molecule has 0 aromatic carbocycles. The van der Waals surface area contributed by atoms with Gasteiger partial charge in [0.25, 0.3) is 0 Å². The fourth-order valence-corrected chi connectivity index (χ4v) is 2.05. The summed E-state index contributed by atoms with van der Waals surface area (Å²) < 4.78 is 0. The van der Waals surface area contributed by atoms with Crippen molar-refractivity contribution < 1.29 is 9.59 Å². The van der Waals surface area contributed by atoms with E-state index >= 15 is 0 Å². The number of alkyl halides is 2. The van der Waals surface area contributed by atoms with Crippen molar-refractivity contribution in [3.8, 4) is 0 Å². The van der Waals surface area contributed by atoms with Crippen molar-refractivity contribution in [2.75, 3.05) is 0 Å². The maximum Gasteiger partial charge on any atom is 0.212 e. The van der Waals surface area contributed by atoms with Crippen molar-refractivity contribution in [3.63, 3.8) is 0 Å². The summed E-state index contributed by atoms with van der Waals surface area (Å²) in [6, 6.07) is -0.318. The highest BCUT2D eigenvalue weighted by atomic mass is 79.9. The van der Waals surface area contributed by atoms with Gasteiger partial charge in [0.2, 0.25) is 5.78 Å². The molecule has 0 aromatic heterocycles. The van der Waals surface area contributed by atoms with Crippen molar-refractivity contribution in [2.45, 2.75) is 22.2 Å². The maximum atomic E-state index is 10.8. The Morgan fingerprint density at radius 3 is 2.55 bits per heavy atom. The highest BCUT2D eigenvalue weighted by molar-refractivity contribution is 9.12. The zero-order valence-corrected chi connectivity index (χ0v) is 8.76. The molecule has 1 N–H and O–H groups in total. The fraction of sp³-hybridized carbons (Fsp3) is 0.667. The van der Waals surface area contributed by atoms with Gasteiger partial charge < -0.3 is 0 Å². The second-order valence-electron chi connectivity index (χ2n) is 2.39. The Hall–Kier alpha value is 0.260. The molecule has 0 aliphatic carbocycles. The van der Waals surface area contributed by atoms with Gasteiger partial charge in [-0.1, -0.05) is 31.9 Å². The van der Waals surface area contributed by atoms with Crippen LogP contribution in [0, 0.1) is 0 Å². The van der Waals surface area contributed by atoms with E-state index in [1.807, 2.05) is 0 Å². The summed E-state index contributed by atoms with van der Waals surface area (Å²) in [5.74, 6) is -0.378. The number of aldehydes is 1. The molecule has 1 heterocycles. The van der Waals surface area contributed by atoms with Crippen LogP contribution in [0.15, 0.2) is 0 Å². The van der Waals surface area contributed by atoms with Crippen LogP contribution in [-0.2, 0) is 9.59 Å². The van der Waals surface area contributed by atoms with Gasteiger partial charge in [-0.3, -0.25) is 14.9 Å². The number of ketones is 1. The van der Waals surface area contributed by atoms with Crippen molar-refractivity contribution in [2.24, 2.45) is 0 Å². The number of carbonyl (C=O) groups is 2. The summed E-state index contributed by atoms with van der Waals surface area (Å²) in [4.78, 5) is 21.2. The molecule has 0 amide bonds. The second kappa shape index (κ2) is 3.78. The van der Waals surface area contributed by atoms with Crippen LogP contribution >= 0.6 is 31.9 Å². The number of carbonyl (C=O) groups excluding carboxylic acids is 2. The van der Waals surface area contributed by atoms with Gasteiger partial charge in [0, 0.05) is 4.83 Å². The third-order valence-electron chi connectivity index (χ3n) is 1.60. The van der Waals surface area contributed by atoms with Gasteiger partial charge in [0.1, 0.15) is 0 Å². The fourth-order valence-electron chi connectivity index (χ4n) is 0.990. The molecular formula is C6H7Br2NO2. The third kappa shape index (κ3) is 2.10. The van der Waals surface area contributed by atoms with Gasteiger partial charge in [0.15, 0.2) is 6.29 Å². The van der Waals surface area contributed by atoms with Crippen LogP contribution in [0.3, 0.4) is 0 Å². The number of hydrogen-bond donors (Lipinski definition) is 1. The summed E-state index contributed by atoms with van der Waals surface area (Å²) >= 11 is 6.68. The van der Waals surface area contributed by atoms with E-state index in [2.05, 4.69) is 37.2 Å². The summed E-state index contributed by atoms with van der Waals surface area (Å²) in [6.07, 6.45) is 1.02. The number of nitrogens with one attached hydrogen (secondary N) is 1. The first-order valence-electron chi connectivity index (χ1n) is 3.18. The van der Waals surface area contributed by atoms with Crippen LogP contribution in [0.25, 0.3) is 0 Å². The lowest BCUT2D eigenvalue weighted by molar-refractivity contribution is -0.131. The largest absolute Gasteiger partial charge is 0.295 e. The lowest BCUT2D eigenvalue weighted by Crippen LogP contribution is -2.34. The van der Waals surface area contributed by atoms with E-state index in [9.17, 15) is 9.59 Å². The van der Waals surface area contributed by atoms with E-state index in [1.54, 1.807) is 0 Å². The zero-order chi connectivity index (χ0) is 8.43. The standard InChI is InChI=1S/C6H7Br2NO2/c7-3-1-4(5(11)2-10)9-6(3)8/h2-4,6,9H,1H2. The molecule has 0 aromatic rings. The van der Waals surface area contributed by atoms with Gasteiger partial charge in [-0.25, -0.2) is 0 Å². The predicted molar refractivity (Wildman–Crippen MR) is 48.0 cm³/mol. The quantitative estimate of drug-likeness (QED) is 0.350. The van der Waals surface area contributed by atoms with E-state index in [0.717, 1.165) is 0 Å². The van der Waals surface area contributed by atoms with Gasteiger partial charge in [-0.15, -0.1) is 0 Å². The zero-order valence-electron chi connectivity index (χ0n) is 5.59. The molecule has 1 aliphatic rings. The Morgan fingerprint density at radius 2 is 2.18 bits per heavy atom. The molecule has 5 heteroatoms. The summed E-state index contributed by atoms with van der Waals surface area (Å²) in [7, 11) is 0. The third-order valence-corrected chi connectivity index (χ3v) is 4.11. The minimum absolute atomic E-state index is 0.0800. The summed E-state index contributed by atoms with van der Waals surface area (Å²) in [5, 5.41) is 2.94. The minimum Gasteiger partial charge on any atom is -0.295 e. The van der Waals surface area contributed by atoms with E-state index in [1.165, 1.54) is 0 Å². The van der Waals surface area contributed by atoms with Crippen molar-refractivity contribution in [1.82, 2.24) is 5.32 Å². The molecule has 62 valence electrons. The monoisotopic (exact) mass is 283 g/mol. The molecule has 3 atom stereocenters. The molecule has 0 radical (unpaired) electrons. The lowest BCUT2D eigenvalue weighted by atomic mass is 10.1. The Balaban J connectivity index is 2.53. The summed E-state index contributed by atoms with van der Waals surface area (Å²) in [5.41, 5.74) is 0. The Morgan fingerprint density at radius 1 is 1.55 bits per heavy atom. The maximum absolute atomic E-state index is 10.8. The van der Waals surface area contributed by atoms with E-state index in [0.29, 0.717) is 12.7 Å². The first-order chi connectivity index (χ1) is 5.15. The molecule has 1 saturated heterocycles. The van der Waals surface area contributed by atoms with Crippen molar-refractivity contribution >= 4 is 43.9 Å². The highest BCUT2D eigenvalue weighted by Gasteiger charge is 2.33. The topological polar surface area (TPSA) is 46.2 Å². The molecule has 1 fully saturated rings. The van der Waals surface area contributed by atoms with Crippen molar-refractivity contribution in [1.29, 1.82) is 0 Å². The normalized spacial score (nSPS) is 37.1. The van der Waals surface area contributed by atoms with Gasteiger partial charge in [-0.05, 0) is 6.42 Å². The van der Waals surface area contributed by atoms with Crippen molar-refractivity contribution in [3.05, 3.63) is 0 Å². The first-order valence-corrected chi connectivity index (χ1v) is 5.01. The number of rotatable bonds is 2. The first kappa shape index (κ1) is 9.35. The Labute approximate surface area is 81.2 Å². The van der Waals surface area contributed by atoms with E-state index in [4.69, 9.17) is 0 Å². The van der Waals surface area contributed by atoms with Crippen LogP contribution in [-0.4, -0.2) is 27.9 Å². The van der Waals surface area contributed by atoms with E-state index < -0.39 is 0 Å². The van der Waals surface area contributed by atoms with Crippen LogP contribution in [0.5, 0.6) is 0 Å². The molecule has 3 nitrogen and oxygen atoms in total.